The van der Waals surface area contributed by atoms with Crippen molar-refractivity contribution in [3.8, 4) is 0 Å². The van der Waals surface area contributed by atoms with Crippen LogP contribution in [0.15, 0.2) is 58.5 Å². The first-order valence-corrected chi connectivity index (χ1v) is 10.1. The Labute approximate surface area is 141 Å². The van der Waals surface area contributed by atoms with Crippen molar-refractivity contribution in [3.63, 3.8) is 0 Å². The lowest BCUT2D eigenvalue weighted by Gasteiger charge is -2.34. The molecule has 3 rings (SSSR count). The topological polar surface area (TPSA) is 53.5 Å². The van der Waals surface area contributed by atoms with Gasteiger partial charge in [0, 0.05) is 37.3 Å². The Hall–Kier alpha value is -1.57. The van der Waals surface area contributed by atoms with Crippen molar-refractivity contribution >= 4 is 27.6 Å². The maximum atomic E-state index is 12.7. The maximum absolute atomic E-state index is 12.7. The minimum atomic E-state index is -3.42. The molecule has 1 saturated heterocycles. The van der Waals surface area contributed by atoms with E-state index in [9.17, 15) is 8.42 Å². The molecule has 0 amide bonds. The molecular weight excluding hydrogens is 330 g/mol. The zero-order valence-corrected chi connectivity index (χ0v) is 14.6. The fourth-order valence-corrected chi connectivity index (χ4v) is 4.43. The van der Waals surface area contributed by atoms with Crippen LogP contribution in [0, 0.1) is 0 Å². The molecule has 7 heteroatoms. The molecule has 1 fully saturated rings. The third-order valence-electron chi connectivity index (χ3n) is 3.91. The summed E-state index contributed by atoms with van der Waals surface area (Å²) in [5, 5.41) is 0. The van der Waals surface area contributed by atoms with Gasteiger partial charge in [-0.3, -0.25) is 0 Å². The van der Waals surface area contributed by atoms with E-state index < -0.39 is 10.0 Å². The van der Waals surface area contributed by atoms with E-state index in [1.807, 2.05) is 36.6 Å². The van der Waals surface area contributed by atoms with Gasteiger partial charge in [-0.2, -0.15) is 4.31 Å². The normalized spacial score (nSPS) is 16.5. The number of sulfonamides is 1. The second kappa shape index (κ2) is 6.90. The van der Waals surface area contributed by atoms with Gasteiger partial charge in [-0.15, -0.1) is 11.8 Å². The van der Waals surface area contributed by atoms with Crippen LogP contribution in [0.4, 0.5) is 5.82 Å². The Bertz CT molecular complexity index is 741. The zero-order valence-electron chi connectivity index (χ0n) is 12.9. The molecular formula is C16H19N3O2S2. The van der Waals surface area contributed by atoms with Gasteiger partial charge in [0.2, 0.25) is 10.0 Å². The molecule has 1 aromatic carbocycles. The molecule has 122 valence electrons. The van der Waals surface area contributed by atoms with E-state index in [2.05, 4.69) is 9.88 Å². The third-order valence-corrected chi connectivity index (χ3v) is 6.57. The summed E-state index contributed by atoms with van der Waals surface area (Å²) >= 11 is 1.60. The second-order valence-corrected chi connectivity index (χ2v) is 8.07. The average molecular weight is 349 g/mol. The molecule has 23 heavy (non-hydrogen) atoms. The van der Waals surface area contributed by atoms with Crippen LogP contribution in [0.5, 0.6) is 0 Å². The van der Waals surface area contributed by atoms with Crippen LogP contribution in [0.3, 0.4) is 0 Å². The first kappa shape index (κ1) is 16.3. The van der Waals surface area contributed by atoms with Crippen molar-refractivity contribution in [1.29, 1.82) is 0 Å². The number of aromatic nitrogens is 1. The lowest BCUT2D eigenvalue weighted by Crippen LogP contribution is -2.48. The Kier molecular flexibility index (Phi) is 4.89. The highest BCUT2D eigenvalue weighted by Gasteiger charge is 2.28. The van der Waals surface area contributed by atoms with Crippen LogP contribution in [0.2, 0.25) is 0 Å². The predicted molar refractivity (Wildman–Crippen MR) is 93.4 cm³/mol. The largest absolute Gasteiger partial charge is 0.354 e. The number of hydrogen-bond donors (Lipinski definition) is 0. The van der Waals surface area contributed by atoms with E-state index in [4.69, 9.17) is 0 Å². The average Bonchev–Trinajstić information content (AvgIpc) is 2.62. The highest BCUT2D eigenvalue weighted by molar-refractivity contribution is 7.98. The van der Waals surface area contributed by atoms with E-state index in [0.717, 1.165) is 10.7 Å². The van der Waals surface area contributed by atoms with Crippen molar-refractivity contribution in [2.24, 2.45) is 0 Å². The van der Waals surface area contributed by atoms with Gasteiger partial charge < -0.3 is 4.90 Å². The Balaban J connectivity index is 1.70. The molecule has 1 aromatic heterocycles. The third kappa shape index (κ3) is 3.52. The van der Waals surface area contributed by atoms with Gasteiger partial charge in [0.25, 0.3) is 0 Å². The summed E-state index contributed by atoms with van der Waals surface area (Å²) < 4.78 is 27.0. The number of rotatable bonds is 4. The number of pyridine rings is 1. The van der Waals surface area contributed by atoms with Crippen LogP contribution in [-0.2, 0) is 10.0 Å². The Morgan fingerprint density at radius 3 is 2.26 bits per heavy atom. The maximum Gasteiger partial charge on any atom is 0.243 e. The standard InChI is InChI=1S/C16H19N3O2S2/c1-22-14-5-7-15(8-6-14)23(20,21)19-12-10-18(11-13-19)16-4-2-3-9-17-16/h2-9H,10-13H2,1H3. The fraction of sp³-hybridized carbons (Fsp3) is 0.312. The number of hydrogen-bond acceptors (Lipinski definition) is 5. The monoisotopic (exact) mass is 349 g/mol. The van der Waals surface area contributed by atoms with Crippen molar-refractivity contribution in [1.82, 2.24) is 9.29 Å². The summed E-state index contributed by atoms with van der Waals surface area (Å²) in [6.45, 7) is 2.25. The molecule has 0 atom stereocenters. The molecule has 0 spiro atoms. The molecule has 0 bridgehead atoms. The van der Waals surface area contributed by atoms with Gasteiger partial charge in [-0.05, 0) is 42.7 Å². The van der Waals surface area contributed by atoms with Gasteiger partial charge >= 0.3 is 0 Å². The summed E-state index contributed by atoms with van der Waals surface area (Å²) in [4.78, 5) is 7.86. The van der Waals surface area contributed by atoms with Gasteiger partial charge in [0.15, 0.2) is 0 Å². The summed E-state index contributed by atoms with van der Waals surface area (Å²) in [6.07, 6.45) is 3.73. The van der Waals surface area contributed by atoms with E-state index in [1.165, 1.54) is 0 Å². The van der Waals surface area contributed by atoms with Crippen molar-refractivity contribution < 1.29 is 8.42 Å². The number of thioether (sulfide) groups is 1. The smallest absolute Gasteiger partial charge is 0.243 e. The first-order chi connectivity index (χ1) is 11.1. The fourth-order valence-electron chi connectivity index (χ4n) is 2.60. The van der Waals surface area contributed by atoms with Crippen LogP contribution in [0.1, 0.15) is 0 Å². The Morgan fingerprint density at radius 2 is 1.70 bits per heavy atom. The summed E-state index contributed by atoms with van der Waals surface area (Å²) in [5.41, 5.74) is 0. The van der Waals surface area contributed by atoms with Gasteiger partial charge in [0.05, 0.1) is 4.90 Å². The van der Waals surface area contributed by atoms with Crippen LogP contribution in [-0.4, -0.2) is 50.1 Å². The summed E-state index contributed by atoms with van der Waals surface area (Å²) in [7, 11) is -3.42. The quantitative estimate of drug-likeness (QED) is 0.793. The molecule has 0 aliphatic carbocycles. The number of nitrogens with zero attached hydrogens (tertiary/aromatic N) is 3. The van der Waals surface area contributed by atoms with E-state index in [-0.39, 0.29) is 0 Å². The molecule has 0 unspecified atom stereocenters. The molecule has 0 radical (unpaired) electrons. The SMILES string of the molecule is CSc1ccc(S(=O)(=O)N2CCN(c3ccccn3)CC2)cc1. The number of benzene rings is 1. The Morgan fingerprint density at radius 1 is 1.00 bits per heavy atom. The van der Waals surface area contributed by atoms with Gasteiger partial charge in [0.1, 0.15) is 5.82 Å². The van der Waals surface area contributed by atoms with Crippen molar-refractivity contribution in [3.05, 3.63) is 48.7 Å². The number of piperazine rings is 1. The summed E-state index contributed by atoms with van der Waals surface area (Å²) in [5.74, 6) is 0.897. The van der Waals surface area contributed by atoms with Crippen LogP contribution >= 0.6 is 11.8 Å². The molecule has 0 saturated carbocycles. The predicted octanol–water partition coefficient (Wildman–Crippen LogP) is 2.31. The van der Waals surface area contributed by atoms with E-state index in [0.29, 0.717) is 31.1 Å². The van der Waals surface area contributed by atoms with Crippen molar-refractivity contribution in [2.45, 2.75) is 9.79 Å². The highest BCUT2D eigenvalue weighted by Crippen LogP contribution is 2.22. The second-order valence-electron chi connectivity index (χ2n) is 5.25. The highest BCUT2D eigenvalue weighted by atomic mass is 32.2. The molecule has 1 aliphatic rings. The van der Waals surface area contributed by atoms with E-state index in [1.54, 1.807) is 34.4 Å². The van der Waals surface area contributed by atoms with Crippen LogP contribution < -0.4 is 4.90 Å². The van der Waals surface area contributed by atoms with Gasteiger partial charge in [-0.1, -0.05) is 6.07 Å². The number of anilines is 1. The van der Waals surface area contributed by atoms with E-state index >= 15 is 0 Å². The molecule has 0 N–H and O–H groups in total. The summed E-state index contributed by atoms with van der Waals surface area (Å²) in [6, 6.07) is 12.8. The zero-order chi connectivity index (χ0) is 16.3. The molecule has 1 aliphatic heterocycles. The minimum absolute atomic E-state index is 0.363. The lowest BCUT2D eigenvalue weighted by atomic mass is 10.3. The van der Waals surface area contributed by atoms with Gasteiger partial charge in [-0.25, -0.2) is 13.4 Å². The van der Waals surface area contributed by atoms with Crippen LogP contribution in [0.25, 0.3) is 0 Å². The molecule has 5 nitrogen and oxygen atoms in total. The molecule has 2 heterocycles. The minimum Gasteiger partial charge on any atom is -0.354 e. The first-order valence-electron chi connectivity index (χ1n) is 7.41. The van der Waals surface area contributed by atoms with Crippen molar-refractivity contribution in [2.75, 3.05) is 37.3 Å². The lowest BCUT2D eigenvalue weighted by molar-refractivity contribution is 0.384. The molecule has 2 aromatic rings.